The van der Waals surface area contributed by atoms with Gasteiger partial charge in [0.15, 0.2) is 23.1 Å². The average Bonchev–Trinajstić information content (AvgIpc) is 3.50. The summed E-state index contributed by atoms with van der Waals surface area (Å²) in [6, 6.07) is 10.4. The Hall–Kier alpha value is -3.39. The number of fused-ring (bicyclic) bond motifs is 5. The first-order chi connectivity index (χ1) is 16.7. The van der Waals surface area contributed by atoms with E-state index in [1.807, 2.05) is 24.3 Å². The number of aromatic amines is 1. The summed E-state index contributed by atoms with van der Waals surface area (Å²) in [4.78, 5) is 22.2. The molecule has 2 bridgehead atoms. The molecule has 6 nitrogen and oxygen atoms in total. The molecule has 0 aliphatic heterocycles. The second-order valence-corrected chi connectivity index (χ2v) is 10.5. The zero-order valence-corrected chi connectivity index (χ0v) is 19.3. The number of benzene rings is 1. The third-order valence-electron chi connectivity index (χ3n) is 7.43. The first-order valence-electron chi connectivity index (χ1n) is 11.8. The topological polar surface area (TPSA) is 79.4 Å². The van der Waals surface area contributed by atoms with E-state index in [-0.39, 0.29) is 17.7 Å². The molecule has 1 aromatic carbocycles. The molecule has 4 aromatic heterocycles. The highest BCUT2D eigenvalue weighted by Crippen LogP contribution is 2.43. The number of halogens is 1. The van der Waals surface area contributed by atoms with Crippen molar-refractivity contribution < 1.29 is 4.39 Å². The van der Waals surface area contributed by atoms with Crippen LogP contribution in [0.25, 0.3) is 43.2 Å². The molecule has 0 radical (unpaired) electrons. The van der Waals surface area contributed by atoms with Crippen molar-refractivity contribution in [3.05, 3.63) is 54.7 Å². The van der Waals surface area contributed by atoms with E-state index in [0.29, 0.717) is 28.6 Å². The van der Waals surface area contributed by atoms with Crippen molar-refractivity contribution in [2.75, 3.05) is 5.32 Å². The fraction of sp³-hybridized carbons (Fsp3) is 0.308. The summed E-state index contributed by atoms with van der Waals surface area (Å²) in [6.45, 7) is 0. The lowest BCUT2D eigenvalue weighted by Gasteiger charge is -2.42. The van der Waals surface area contributed by atoms with Crippen LogP contribution >= 0.6 is 11.3 Å². The molecular formula is C26H23FN6S. The SMILES string of the molecule is Fc1c(NC2CC3CCC2CC3)nc(-c2c[nH]c3nccnc23)nc1-c1cc2ccccc2s1. The highest BCUT2D eigenvalue weighted by molar-refractivity contribution is 7.22. The Morgan fingerprint density at radius 1 is 1.03 bits per heavy atom. The van der Waals surface area contributed by atoms with Gasteiger partial charge in [0, 0.05) is 29.3 Å². The van der Waals surface area contributed by atoms with Gasteiger partial charge in [-0.3, -0.25) is 4.98 Å². The fourth-order valence-electron chi connectivity index (χ4n) is 5.68. The van der Waals surface area contributed by atoms with Crippen molar-refractivity contribution in [1.82, 2.24) is 24.9 Å². The van der Waals surface area contributed by atoms with E-state index < -0.39 is 0 Å². The smallest absolute Gasteiger partial charge is 0.192 e. The molecule has 0 saturated heterocycles. The third-order valence-corrected chi connectivity index (χ3v) is 8.55. The average molecular weight is 471 g/mol. The van der Waals surface area contributed by atoms with Gasteiger partial charge in [-0.25, -0.2) is 19.3 Å². The van der Waals surface area contributed by atoms with Gasteiger partial charge in [-0.1, -0.05) is 31.0 Å². The van der Waals surface area contributed by atoms with Gasteiger partial charge < -0.3 is 10.3 Å². The van der Waals surface area contributed by atoms with E-state index in [2.05, 4.69) is 26.3 Å². The molecule has 4 heterocycles. The summed E-state index contributed by atoms with van der Waals surface area (Å²) in [6.07, 6.45) is 11.2. The van der Waals surface area contributed by atoms with E-state index in [9.17, 15) is 0 Å². The summed E-state index contributed by atoms with van der Waals surface area (Å²) < 4.78 is 17.1. The van der Waals surface area contributed by atoms with Crippen LogP contribution in [-0.2, 0) is 0 Å². The number of thiophene rings is 1. The Labute approximate surface area is 199 Å². The van der Waals surface area contributed by atoms with Crippen LogP contribution in [0.5, 0.6) is 0 Å². The largest absolute Gasteiger partial charge is 0.364 e. The number of H-pyrrole nitrogens is 1. The molecule has 8 heteroatoms. The zero-order valence-electron chi connectivity index (χ0n) is 18.5. The van der Waals surface area contributed by atoms with E-state index in [1.54, 1.807) is 29.9 Å². The molecule has 0 spiro atoms. The van der Waals surface area contributed by atoms with Crippen LogP contribution in [0.3, 0.4) is 0 Å². The number of nitrogens with zero attached hydrogens (tertiary/aromatic N) is 4. The van der Waals surface area contributed by atoms with Crippen LogP contribution in [0.2, 0.25) is 0 Å². The quantitative estimate of drug-likeness (QED) is 0.317. The maximum atomic E-state index is 16.0. The highest BCUT2D eigenvalue weighted by Gasteiger charge is 2.36. The van der Waals surface area contributed by atoms with Gasteiger partial charge in [-0.2, -0.15) is 0 Å². The molecule has 5 aromatic rings. The van der Waals surface area contributed by atoms with Crippen molar-refractivity contribution in [2.45, 2.75) is 38.1 Å². The first kappa shape index (κ1) is 20.0. The monoisotopic (exact) mass is 470 g/mol. The normalized spacial score (nSPS) is 22.0. The Bertz CT molecular complexity index is 1480. The van der Waals surface area contributed by atoms with Gasteiger partial charge in [0.2, 0.25) is 0 Å². The lowest BCUT2D eigenvalue weighted by Crippen LogP contribution is -2.40. The number of hydrogen-bond donors (Lipinski definition) is 2. The van der Waals surface area contributed by atoms with Crippen LogP contribution in [-0.4, -0.2) is 31.0 Å². The molecule has 2 N–H and O–H groups in total. The minimum atomic E-state index is -0.386. The standard InChI is InChI=1S/C26H23FN6S/c27-21-23(20-12-16-3-1-2-4-19(16)34-20)32-24(17-13-30-26-22(17)28-9-10-29-26)33-25(21)31-18-11-14-5-7-15(18)8-6-14/h1-4,9-10,12-15,18H,5-8,11H2,(H,29,30)(H,31,32,33). The Morgan fingerprint density at radius 3 is 2.71 bits per heavy atom. The van der Waals surface area contributed by atoms with Gasteiger partial charge >= 0.3 is 0 Å². The van der Waals surface area contributed by atoms with Crippen molar-refractivity contribution >= 4 is 38.4 Å². The Morgan fingerprint density at radius 2 is 1.88 bits per heavy atom. The van der Waals surface area contributed by atoms with Crippen molar-refractivity contribution in [3.63, 3.8) is 0 Å². The number of anilines is 1. The van der Waals surface area contributed by atoms with Crippen LogP contribution in [0.1, 0.15) is 32.1 Å². The number of nitrogens with one attached hydrogen (secondary N) is 2. The zero-order chi connectivity index (χ0) is 22.6. The summed E-state index contributed by atoms with van der Waals surface area (Å²) in [5.74, 6) is 1.66. The molecular weight excluding hydrogens is 447 g/mol. The molecule has 1 atom stereocenters. The third kappa shape index (κ3) is 3.27. The van der Waals surface area contributed by atoms with Crippen molar-refractivity contribution in [3.8, 4) is 22.0 Å². The molecule has 3 aliphatic rings. The van der Waals surface area contributed by atoms with Crippen LogP contribution in [0.15, 0.2) is 48.9 Å². The maximum absolute atomic E-state index is 16.0. The summed E-state index contributed by atoms with van der Waals surface area (Å²) in [5, 5.41) is 4.59. The minimum absolute atomic E-state index is 0.253. The summed E-state index contributed by atoms with van der Waals surface area (Å²) in [7, 11) is 0. The fourth-order valence-corrected chi connectivity index (χ4v) is 6.72. The van der Waals surface area contributed by atoms with Gasteiger partial charge in [0.1, 0.15) is 11.2 Å². The molecule has 0 amide bonds. The molecule has 3 fully saturated rings. The van der Waals surface area contributed by atoms with Gasteiger partial charge in [-0.05, 0) is 48.6 Å². The van der Waals surface area contributed by atoms with E-state index in [4.69, 9.17) is 9.97 Å². The van der Waals surface area contributed by atoms with Crippen molar-refractivity contribution in [1.29, 1.82) is 0 Å². The first-order valence-corrected chi connectivity index (χ1v) is 12.7. The van der Waals surface area contributed by atoms with E-state index >= 15 is 4.39 Å². The molecule has 8 rings (SSSR count). The second kappa shape index (κ2) is 7.84. The van der Waals surface area contributed by atoms with Crippen LogP contribution in [0, 0.1) is 17.7 Å². The number of aromatic nitrogens is 5. The minimum Gasteiger partial charge on any atom is -0.364 e. The van der Waals surface area contributed by atoms with Crippen LogP contribution in [0.4, 0.5) is 10.2 Å². The molecule has 34 heavy (non-hydrogen) atoms. The molecule has 3 aliphatic carbocycles. The van der Waals surface area contributed by atoms with Crippen LogP contribution < -0.4 is 5.32 Å². The summed E-state index contributed by atoms with van der Waals surface area (Å²) in [5.41, 5.74) is 2.39. The lowest BCUT2D eigenvalue weighted by molar-refractivity contribution is 0.157. The second-order valence-electron chi connectivity index (χ2n) is 9.43. The molecule has 3 saturated carbocycles. The molecule has 1 unspecified atom stereocenters. The Kier molecular flexibility index (Phi) is 4.62. The van der Waals surface area contributed by atoms with Crippen molar-refractivity contribution in [2.24, 2.45) is 11.8 Å². The predicted molar refractivity (Wildman–Crippen MR) is 133 cm³/mol. The Balaban J connectivity index is 1.38. The van der Waals surface area contributed by atoms with Gasteiger partial charge in [-0.15, -0.1) is 11.3 Å². The number of hydrogen-bond acceptors (Lipinski definition) is 6. The maximum Gasteiger partial charge on any atom is 0.192 e. The number of rotatable bonds is 4. The highest BCUT2D eigenvalue weighted by atomic mass is 32.1. The summed E-state index contributed by atoms with van der Waals surface area (Å²) >= 11 is 1.55. The predicted octanol–water partition coefficient (Wildman–Crippen LogP) is 6.43. The van der Waals surface area contributed by atoms with Gasteiger partial charge in [0.25, 0.3) is 0 Å². The molecule has 170 valence electrons. The lowest BCUT2D eigenvalue weighted by atomic mass is 9.68. The van der Waals surface area contributed by atoms with E-state index in [0.717, 1.165) is 32.9 Å². The van der Waals surface area contributed by atoms with E-state index in [1.165, 1.54) is 25.7 Å². The van der Waals surface area contributed by atoms with Gasteiger partial charge in [0.05, 0.1) is 10.4 Å².